The van der Waals surface area contributed by atoms with Crippen molar-refractivity contribution >= 4 is 21.7 Å². The Morgan fingerprint density at radius 3 is 2.64 bits per heavy atom. The Balaban J connectivity index is 1.60. The van der Waals surface area contributed by atoms with Crippen LogP contribution >= 0.6 is 0 Å². The molecule has 2 aromatic rings. The summed E-state index contributed by atoms with van der Waals surface area (Å²) in [5.74, 6) is 0.167. The Hall–Kier alpha value is -2.26. The van der Waals surface area contributed by atoms with Crippen molar-refractivity contribution in [2.75, 3.05) is 18.4 Å². The molecule has 0 saturated carbocycles. The molecule has 0 bridgehead atoms. The molecule has 8 nitrogen and oxygen atoms in total. The molecule has 0 radical (unpaired) electrons. The van der Waals surface area contributed by atoms with Gasteiger partial charge in [-0.25, -0.2) is 18.4 Å². The van der Waals surface area contributed by atoms with Crippen molar-refractivity contribution < 1.29 is 13.2 Å². The number of nitrogens with zero attached hydrogens (tertiary/aromatic N) is 4. The lowest BCUT2D eigenvalue weighted by atomic mass is 9.97. The van der Waals surface area contributed by atoms with E-state index in [1.54, 1.807) is 29.0 Å². The molecule has 1 saturated heterocycles. The maximum absolute atomic E-state index is 12.6. The third kappa shape index (κ3) is 3.88. The van der Waals surface area contributed by atoms with Gasteiger partial charge in [0.1, 0.15) is 5.82 Å². The number of sulfonamides is 1. The van der Waals surface area contributed by atoms with E-state index in [2.05, 4.69) is 15.3 Å². The molecule has 0 aromatic carbocycles. The van der Waals surface area contributed by atoms with Crippen LogP contribution in [-0.2, 0) is 21.4 Å². The lowest BCUT2D eigenvalue weighted by molar-refractivity contribution is -0.120. The lowest BCUT2D eigenvalue weighted by Crippen LogP contribution is -2.41. The Kier molecular flexibility index (Phi) is 5.14. The second kappa shape index (κ2) is 7.32. The molecule has 1 amide bonds. The largest absolute Gasteiger partial charge is 0.336 e. The highest BCUT2D eigenvalue weighted by molar-refractivity contribution is 7.89. The number of hydrogen-bond acceptors (Lipinski definition) is 5. The van der Waals surface area contributed by atoms with Gasteiger partial charge in [0.2, 0.25) is 5.91 Å². The fraction of sp³-hybridized carbons (Fsp3) is 0.438. The van der Waals surface area contributed by atoms with Crippen LogP contribution in [0.15, 0.2) is 41.9 Å². The molecule has 1 aliphatic heterocycles. The van der Waals surface area contributed by atoms with Crippen LogP contribution in [-0.4, -0.2) is 46.3 Å². The molecule has 0 atom stereocenters. The summed E-state index contributed by atoms with van der Waals surface area (Å²) in [5, 5.41) is 2.83. The van der Waals surface area contributed by atoms with Crippen LogP contribution in [0.2, 0.25) is 0 Å². The number of rotatable bonds is 5. The summed E-state index contributed by atoms with van der Waals surface area (Å²) in [6.45, 7) is 3.20. The van der Waals surface area contributed by atoms with Crippen molar-refractivity contribution in [1.29, 1.82) is 0 Å². The van der Waals surface area contributed by atoms with Crippen molar-refractivity contribution in [2.24, 2.45) is 5.92 Å². The van der Waals surface area contributed by atoms with Crippen LogP contribution < -0.4 is 5.32 Å². The predicted molar refractivity (Wildman–Crippen MR) is 92.3 cm³/mol. The third-order valence-electron chi connectivity index (χ3n) is 4.32. The van der Waals surface area contributed by atoms with E-state index in [1.807, 2.05) is 6.92 Å². The summed E-state index contributed by atoms with van der Waals surface area (Å²) < 4.78 is 28.4. The number of hydrogen-bond donors (Lipinski definition) is 1. The first kappa shape index (κ1) is 17.6. The topological polar surface area (TPSA) is 97.2 Å². The number of nitrogens with one attached hydrogen (secondary N) is 1. The minimum atomic E-state index is -3.60. The van der Waals surface area contributed by atoms with E-state index in [9.17, 15) is 13.2 Å². The number of anilines is 1. The molecule has 0 spiro atoms. The zero-order chi connectivity index (χ0) is 17.9. The highest BCUT2D eigenvalue weighted by Gasteiger charge is 2.33. The Bertz CT molecular complexity index is 826. The number of piperidine rings is 1. The minimum absolute atomic E-state index is 0.0609. The summed E-state index contributed by atoms with van der Waals surface area (Å²) >= 11 is 0. The molecule has 1 aliphatic rings. The second-order valence-electron chi connectivity index (χ2n) is 5.92. The zero-order valence-corrected chi connectivity index (χ0v) is 14.8. The first-order chi connectivity index (χ1) is 12.0. The molecule has 1 fully saturated rings. The summed E-state index contributed by atoms with van der Waals surface area (Å²) in [5.41, 5.74) is 0. The van der Waals surface area contributed by atoms with Crippen molar-refractivity contribution in [3.8, 4) is 0 Å². The van der Waals surface area contributed by atoms with E-state index in [0.29, 0.717) is 38.3 Å². The van der Waals surface area contributed by atoms with Crippen LogP contribution in [0.4, 0.5) is 5.82 Å². The monoisotopic (exact) mass is 363 g/mol. The van der Waals surface area contributed by atoms with Gasteiger partial charge >= 0.3 is 0 Å². The molecule has 2 aromatic heterocycles. The standard InChI is InChI=1S/C16H21N5O3S/c1-2-20-11-15(18-12-20)25(23,24)21-9-6-13(7-10-21)16(22)19-14-5-3-4-8-17-14/h3-5,8,11-13H,2,6-7,9-10H2,1H3,(H,17,19,22). The lowest BCUT2D eigenvalue weighted by Gasteiger charge is -2.29. The van der Waals surface area contributed by atoms with Crippen LogP contribution in [0.3, 0.4) is 0 Å². The number of amides is 1. The van der Waals surface area contributed by atoms with Crippen LogP contribution in [0.1, 0.15) is 19.8 Å². The van der Waals surface area contributed by atoms with Gasteiger partial charge in [-0.15, -0.1) is 0 Å². The normalized spacial score (nSPS) is 16.7. The van der Waals surface area contributed by atoms with Gasteiger partial charge in [0, 0.05) is 37.9 Å². The molecular formula is C16H21N5O3S. The van der Waals surface area contributed by atoms with Gasteiger partial charge in [-0.2, -0.15) is 4.31 Å². The van der Waals surface area contributed by atoms with Gasteiger partial charge in [-0.3, -0.25) is 4.79 Å². The molecule has 3 heterocycles. The number of carbonyl (C=O) groups excluding carboxylic acids is 1. The number of pyridine rings is 1. The van der Waals surface area contributed by atoms with Crippen LogP contribution in [0.25, 0.3) is 0 Å². The maximum Gasteiger partial charge on any atom is 0.262 e. The quantitative estimate of drug-likeness (QED) is 0.864. The van der Waals surface area contributed by atoms with E-state index < -0.39 is 10.0 Å². The third-order valence-corrected chi connectivity index (χ3v) is 6.10. The van der Waals surface area contributed by atoms with E-state index in [0.717, 1.165) is 0 Å². The number of aryl methyl sites for hydroxylation is 1. The van der Waals surface area contributed by atoms with Gasteiger partial charge in [-0.1, -0.05) is 6.07 Å². The average molecular weight is 363 g/mol. The maximum atomic E-state index is 12.6. The Morgan fingerprint density at radius 2 is 2.04 bits per heavy atom. The molecule has 134 valence electrons. The molecule has 0 aliphatic carbocycles. The van der Waals surface area contributed by atoms with Crippen LogP contribution in [0.5, 0.6) is 0 Å². The van der Waals surface area contributed by atoms with Gasteiger partial charge in [0.05, 0.1) is 6.33 Å². The Labute approximate surface area is 146 Å². The first-order valence-corrected chi connectivity index (χ1v) is 9.68. The van der Waals surface area contributed by atoms with Crippen molar-refractivity contribution in [2.45, 2.75) is 31.3 Å². The van der Waals surface area contributed by atoms with Gasteiger partial charge in [0.15, 0.2) is 5.03 Å². The SMILES string of the molecule is CCn1cnc(S(=O)(=O)N2CCC(C(=O)Nc3ccccn3)CC2)c1. The number of carbonyl (C=O) groups is 1. The molecule has 0 unspecified atom stereocenters. The summed E-state index contributed by atoms with van der Waals surface area (Å²) in [7, 11) is -3.60. The zero-order valence-electron chi connectivity index (χ0n) is 14.0. The number of aromatic nitrogens is 3. The van der Waals surface area contributed by atoms with Crippen molar-refractivity contribution in [1.82, 2.24) is 18.8 Å². The fourth-order valence-corrected chi connectivity index (χ4v) is 4.21. The van der Waals surface area contributed by atoms with Gasteiger partial charge < -0.3 is 9.88 Å². The molecule has 1 N–H and O–H groups in total. The predicted octanol–water partition coefficient (Wildman–Crippen LogP) is 1.34. The second-order valence-corrected chi connectivity index (χ2v) is 7.81. The molecule has 9 heteroatoms. The van der Waals surface area contributed by atoms with E-state index in [1.165, 1.54) is 16.8 Å². The van der Waals surface area contributed by atoms with Crippen molar-refractivity contribution in [3.05, 3.63) is 36.9 Å². The summed E-state index contributed by atoms with van der Waals surface area (Å²) in [6.07, 6.45) is 5.62. The number of imidazole rings is 1. The molecular weight excluding hydrogens is 342 g/mol. The highest BCUT2D eigenvalue weighted by atomic mass is 32.2. The van der Waals surface area contributed by atoms with E-state index >= 15 is 0 Å². The van der Waals surface area contributed by atoms with Crippen LogP contribution in [0, 0.1) is 5.92 Å². The average Bonchev–Trinajstić information content (AvgIpc) is 3.13. The van der Waals surface area contributed by atoms with Crippen molar-refractivity contribution in [3.63, 3.8) is 0 Å². The van der Waals surface area contributed by atoms with E-state index in [4.69, 9.17) is 0 Å². The minimum Gasteiger partial charge on any atom is -0.336 e. The first-order valence-electron chi connectivity index (χ1n) is 8.24. The van der Waals surface area contributed by atoms with Gasteiger partial charge in [0.25, 0.3) is 10.0 Å². The summed E-state index contributed by atoms with van der Waals surface area (Å²) in [4.78, 5) is 20.4. The smallest absolute Gasteiger partial charge is 0.262 e. The van der Waals surface area contributed by atoms with Gasteiger partial charge in [-0.05, 0) is 31.9 Å². The highest BCUT2D eigenvalue weighted by Crippen LogP contribution is 2.24. The Morgan fingerprint density at radius 1 is 1.28 bits per heavy atom. The fourth-order valence-electron chi connectivity index (χ4n) is 2.80. The molecule has 3 rings (SSSR count). The molecule has 25 heavy (non-hydrogen) atoms. The van der Waals surface area contributed by atoms with E-state index in [-0.39, 0.29) is 16.9 Å². The summed E-state index contributed by atoms with van der Waals surface area (Å²) in [6, 6.07) is 5.30.